The minimum absolute atomic E-state index is 0.253. The van der Waals surface area contributed by atoms with Gasteiger partial charge in [-0.25, -0.2) is 18.4 Å². The summed E-state index contributed by atoms with van der Waals surface area (Å²) in [4.78, 5) is 29.0. The molecule has 1 unspecified atom stereocenters. The van der Waals surface area contributed by atoms with Crippen LogP contribution in [0.2, 0.25) is 10.0 Å². The van der Waals surface area contributed by atoms with Crippen molar-refractivity contribution >= 4 is 94.0 Å². The first-order valence-electron chi connectivity index (χ1n) is 14.7. The monoisotopic (exact) mass is 825 g/mol. The summed E-state index contributed by atoms with van der Waals surface area (Å²) in [6, 6.07) is 11.3. The minimum atomic E-state index is -3.66. The number of nitrogens with one attached hydrogen (secondary N) is 1. The molecule has 1 N–H and O–H groups in total. The summed E-state index contributed by atoms with van der Waals surface area (Å²) in [7, 11) is -1.99. The van der Waals surface area contributed by atoms with Crippen LogP contribution < -0.4 is 15.8 Å². The average molecular weight is 828 g/mol. The van der Waals surface area contributed by atoms with E-state index in [0.717, 1.165) is 73.3 Å². The Hall–Kier alpha value is -3.69. The second-order valence-corrected chi connectivity index (χ2v) is 16.0. The summed E-state index contributed by atoms with van der Waals surface area (Å²) in [6.45, 7) is 1.86. The maximum Gasteiger partial charge on any atom is 0.248 e. The highest BCUT2D eigenvalue weighted by Gasteiger charge is 2.37. The van der Waals surface area contributed by atoms with E-state index in [0.29, 0.717) is 39.4 Å². The van der Waals surface area contributed by atoms with Crippen molar-refractivity contribution in [2.45, 2.75) is 17.7 Å². The maximum absolute atomic E-state index is 12.5. The fourth-order valence-corrected chi connectivity index (χ4v) is 8.55. The van der Waals surface area contributed by atoms with Crippen molar-refractivity contribution < 1.29 is 8.42 Å². The molecule has 0 radical (unpaired) electrons. The quantitative estimate of drug-likeness (QED) is 0.202. The normalized spacial score (nSPS) is 17.2. The van der Waals surface area contributed by atoms with Crippen LogP contribution in [-0.2, 0) is 16.4 Å². The second kappa shape index (κ2) is 11.7. The highest BCUT2D eigenvalue weighted by Crippen LogP contribution is 2.46. The number of nitrogens with zero attached hydrogens (tertiary/aromatic N) is 8. The van der Waals surface area contributed by atoms with Crippen molar-refractivity contribution in [1.29, 1.82) is 0 Å². The van der Waals surface area contributed by atoms with Gasteiger partial charge in [0, 0.05) is 91.2 Å². The van der Waals surface area contributed by atoms with Gasteiger partial charge >= 0.3 is 0 Å². The Morgan fingerprint density at radius 1 is 1.00 bits per heavy atom. The molecule has 0 saturated carbocycles. The first-order chi connectivity index (χ1) is 23.0. The van der Waals surface area contributed by atoms with E-state index < -0.39 is 9.84 Å². The highest BCUT2D eigenvalue weighted by molar-refractivity contribution is 9.10. The first-order valence-corrected chi connectivity index (χ1v) is 18.9. The first kappa shape index (κ1) is 31.6. The van der Waals surface area contributed by atoms with Gasteiger partial charge in [0.1, 0.15) is 23.3 Å². The predicted molar refractivity (Wildman–Crippen MR) is 194 cm³/mol. The lowest BCUT2D eigenvalue weighted by molar-refractivity contribution is 0.592. The Balaban J connectivity index is 1.29. The third-order valence-corrected chi connectivity index (χ3v) is 11.1. The average Bonchev–Trinajstić information content (AvgIpc) is 3.72. The van der Waals surface area contributed by atoms with Crippen molar-refractivity contribution in [2.75, 3.05) is 36.6 Å². The Morgan fingerprint density at radius 2 is 1.81 bits per heavy atom. The van der Waals surface area contributed by atoms with Crippen LogP contribution in [0, 0.1) is 0 Å². The predicted octanol–water partition coefficient (Wildman–Crippen LogP) is 6.55. The molecule has 0 fully saturated rings. The summed E-state index contributed by atoms with van der Waals surface area (Å²) in [5.41, 5.74) is 6.10. The lowest BCUT2D eigenvalue weighted by atomic mass is 9.98. The molecular formula is C32H23Br2Cl2N9O2S. The van der Waals surface area contributed by atoms with Crippen molar-refractivity contribution in [3.8, 4) is 22.5 Å². The molecule has 5 aliphatic heterocycles. The SMILES string of the molecule is CN=c1ncc2cc(-c3cc(C4CN5C(=N4)C(c4ccc(Br)cc4Cl)=Cc4cnc(S(C)(=O)=O)nc45)c(Br)cc3Cl)c3n(c-2n1)CCN3. The molecular weight excluding hydrogens is 805 g/mol. The molecule has 11 nitrogen and oxygen atoms in total. The van der Waals surface area contributed by atoms with E-state index in [-0.39, 0.29) is 11.2 Å². The highest BCUT2D eigenvalue weighted by atomic mass is 79.9. The van der Waals surface area contributed by atoms with Crippen molar-refractivity contribution in [2.24, 2.45) is 9.98 Å². The maximum atomic E-state index is 12.5. The molecule has 0 bridgehead atoms. The summed E-state index contributed by atoms with van der Waals surface area (Å²) in [5.74, 6) is 2.78. The van der Waals surface area contributed by atoms with Crippen LogP contribution in [0.5, 0.6) is 0 Å². The number of fused-ring (bicyclic) bond motifs is 6. The second-order valence-electron chi connectivity index (χ2n) is 11.5. The summed E-state index contributed by atoms with van der Waals surface area (Å²) < 4.78 is 28.7. The fourth-order valence-electron chi connectivity index (χ4n) is 6.28. The molecule has 8 rings (SSSR count). The fraction of sp³-hybridized carbons (Fsp3) is 0.188. The number of benzene rings is 2. The van der Waals surface area contributed by atoms with Gasteiger partial charge in [-0.15, -0.1) is 0 Å². The molecule has 48 heavy (non-hydrogen) atoms. The third-order valence-electron chi connectivity index (χ3n) is 8.44. The van der Waals surface area contributed by atoms with Gasteiger partial charge in [0.2, 0.25) is 20.6 Å². The van der Waals surface area contributed by atoms with Gasteiger partial charge in [-0.3, -0.25) is 9.98 Å². The summed E-state index contributed by atoms with van der Waals surface area (Å²) in [6.07, 6.45) is 6.30. The molecule has 242 valence electrons. The number of hydrogen-bond donors (Lipinski definition) is 1. The third kappa shape index (κ3) is 5.25. The Bertz CT molecular complexity index is 2430. The molecule has 5 aliphatic rings. The zero-order valence-corrected chi connectivity index (χ0v) is 30.7. The number of halogens is 4. The molecule has 6 heterocycles. The van der Waals surface area contributed by atoms with Crippen LogP contribution in [0.3, 0.4) is 0 Å². The van der Waals surface area contributed by atoms with Gasteiger partial charge < -0.3 is 14.8 Å². The largest absolute Gasteiger partial charge is 0.369 e. The lowest BCUT2D eigenvalue weighted by Gasteiger charge is -2.28. The van der Waals surface area contributed by atoms with E-state index in [1.54, 1.807) is 13.2 Å². The molecule has 1 atom stereocenters. The zero-order valence-electron chi connectivity index (χ0n) is 25.2. The Morgan fingerprint density at radius 3 is 2.58 bits per heavy atom. The standard InChI is InChI=1S/C32H23Br2Cl2N9O2S/c1-37-31-39-12-15-8-21(29-38-5-6-44(29)27(15)42-31)19-10-22(23(34)11-25(19)36)26-14-45-28-16(13-40-32(43-28)48(2,46)47)7-20(30(45)41-26)18-4-3-17(33)9-24(18)35/h3-4,7-13,26,38H,5-6,14H2,1-2H3. The molecule has 3 aromatic rings. The molecule has 16 heteroatoms. The minimum Gasteiger partial charge on any atom is -0.369 e. The number of hydrogen-bond acceptors (Lipinski definition) is 10. The van der Waals surface area contributed by atoms with Crippen LogP contribution in [0.1, 0.15) is 22.7 Å². The molecule has 0 saturated heterocycles. The zero-order chi connectivity index (χ0) is 33.5. The van der Waals surface area contributed by atoms with Crippen molar-refractivity contribution in [3.05, 3.63) is 90.1 Å². The van der Waals surface area contributed by atoms with E-state index in [1.807, 2.05) is 41.3 Å². The van der Waals surface area contributed by atoms with Crippen LogP contribution in [0.15, 0.2) is 72.9 Å². The summed E-state index contributed by atoms with van der Waals surface area (Å²) >= 11 is 21.0. The van der Waals surface area contributed by atoms with Gasteiger partial charge in [-0.05, 0) is 42.0 Å². The smallest absolute Gasteiger partial charge is 0.248 e. The summed E-state index contributed by atoms with van der Waals surface area (Å²) in [5, 5.41) is 4.35. The van der Waals surface area contributed by atoms with Crippen LogP contribution in [0.25, 0.3) is 34.2 Å². The van der Waals surface area contributed by atoms with E-state index in [1.165, 1.54) is 6.20 Å². The number of aliphatic imine (C=N–C) groups is 1. The van der Waals surface area contributed by atoms with Gasteiger partial charge in [0.05, 0.1) is 12.6 Å². The van der Waals surface area contributed by atoms with Crippen molar-refractivity contribution in [3.63, 3.8) is 0 Å². The van der Waals surface area contributed by atoms with E-state index in [9.17, 15) is 8.42 Å². The van der Waals surface area contributed by atoms with Crippen LogP contribution >= 0.6 is 55.1 Å². The Labute approximate surface area is 302 Å². The van der Waals surface area contributed by atoms with Crippen molar-refractivity contribution in [1.82, 2.24) is 24.5 Å². The van der Waals surface area contributed by atoms with E-state index >= 15 is 0 Å². The molecule has 0 amide bonds. The Kier molecular flexibility index (Phi) is 7.71. The number of sulfone groups is 1. The lowest BCUT2D eigenvalue weighted by Crippen LogP contribution is -2.33. The number of rotatable bonds is 4. The number of pyridine rings is 1. The van der Waals surface area contributed by atoms with Crippen LogP contribution in [-0.4, -0.2) is 65.1 Å². The molecule has 0 spiro atoms. The van der Waals surface area contributed by atoms with Gasteiger partial charge in [-0.1, -0.05) is 61.1 Å². The molecule has 1 aromatic heterocycles. The number of amidine groups is 1. The molecule has 0 aliphatic carbocycles. The number of anilines is 2. The molecule has 2 aromatic carbocycles. The topological polar surface area (TPSA) is 131 Å². The van der Waals surface area contributed by atoms with Crippen LogP contribution in [0.4, 0.5) is 11.6 Å². The van der Waals surface area contributed by atoms with Gasteiger partial charge in [0.25, 0.3) is 0 Å². The van der Waals surface area contributed by atoms with E-state index in [4.69, 9.17) is 28.2 Å². The number of aromatic nitrogens is 5. The van der Waals surface area contributed by atoms with E-state index in [2.05, 4.69) is 72.7 Å². The van der Waals surface area contributed by atoms with Gasteiger partial charge in [0.15, 0.2) is 0 Å². The van der Waals surface area contributed by atoms with Gasteiger partial charge in [-0.2, -0.15) is 9.97 Å².